The number of para-hydroxylation sites is 1. The van der Waals surface area contributed by atoms with Crippen molar-refractivity contribution in [3.63, 3.8) is 0 Å². The molecule has 0 radical (unpaired) electrons. The highest BCUT2D eigenvalue weighted by Gasteiger charge is 2.59. The van der Waals surface area contributed by atoms with Crippen molar-refractivity contribution >= 4 is 5.91 Å². The summed E-state index contributed by atoms with van der Waals surface area (Å²) in [5, 5.41) is 54.0. The van der Waals surface area contributed by atoms with Crippen LogP contribution in [0.2, 0.25) is 0 Å². The van der Waals surface area contributed by atoms with Gasteiger partial charge in [0.25, 0.3) is 6.29 Å². The summed E-state index contributed by atoms with van der Waals surface area (Å²) in [6, 6.07) is 8.31. The molecule has 0 aromatic heterocycles. The smallest absolute Gasteiger partial charge is 0.251 e. The minimum atomic E-state index is -2.39. The average Bonchev–Trinajstić information content (AvgIpc) is 2.71. The number of benzene rings is 1. The molecule has 1 amide bonds. The van der Waals surface area contributed by atoms with Gasteiger partial charge >= 0.3 is 0 Å². The van der Waals surface area contributed by atoms with E-state index in [0.717, 1.165) is 6.92 Å². The van der Waals surface area contributed by atoms with Crippen LogP contribution >= 0.6 is 0 Å². The van der Waals surface area contributed by atoms with Gasteiger partial charge in [0.1, 0.15) is 30.2 Å². The molecule has 2 saturated heterocycles. The summed E-state index contributed by atoms with van der Waals surface area (Å²) < 4.78 is 22.6. The van der Waals surface area contributed by atoms with E-state index in [-0.39, 0.29) is 6.42 Å². The van der Waals surface area contributed by atoms with Crippen molar-refractivity contribution in [2.24, 2.45) is 0 Å². The molecule has 2 aliphatic heterocycles. The Labute approximate surface area is 179 Å². The van der Waals surface area contributed by atoms with Gasteiger partial charge in [-0.15, -0.1) is 0 Å². The van der Waals surface area contributed by atoms with Gasteiger partial charge in [0, 0.05) is 13.3 Å². The molecule has 174 valence electrons. The third kappa shape index (κ3) is 5.16. The second kappa shape index (κ2) is 9.76. The van der Waals surface area contributed by atoms with Crippen molar-refractivity contribution in [2.45, 2.75) is 75.2 Å². The number of carbonyl (C=O) groups is 1. The maximum absolute atomic E-state index is 11.9. The molecule has 31 heavy (non-hydrogen) atoms. The predicted molar refractivity (Wildman–Crippen MR) is 103 cm³/mol. The van der Waals surface area contributed by atoms with Gasteiger partial charge in [-0.2, -0.15) is 0 Å². The van der Waals surface area contributed by atoms with Gasteiger partial charge in [0.2, 0.25) is 11.6 Å². The Hall–Kier alpha value is -1.83. The van der Waals surface area contributed by atoms with Gasteiger partial charge in [-0.1, -0.05) is 18.2 Å². The molecular formula is C20H29NO10. The van der Waals surface area contributed by atoms with Crippen molar-refractivity contribution < 1.29 is 49.3 Å². The van der Waals surface area contributed by atoms with Crippen LogP contribution in [0.4, 0.5) is 0 Å². The van der Waals surface area contributed by atoms with Crippen molar-refractivity contribution in [3.8, 4) is 5.75 Å². The Morgan fingerprint density at radius 3 is 2.45 bits per heavy atom. The molecule has 0 aliphatic carbocycles. The first-order chi connectivity index (χ1) is 14.7. The molecule has 0 unspecified atom stereocenters. The minimum absolute atomic E-state index is 0.153. The van der Waals surface area contributed by atoms with Crippen LogP contribution in [0.5, 0.6) is 5.75 Å². The van der Waals surface area contributed by atoms with Crippen LogP contribution in [0.1, 0.15) is 20.3 Å². The Morgan fingerprint density at radius 1 is 1.19 bits per heavy atom. The lowest BCUT2D eigenvalue weighted by Crippen LogP contribution is -2.75. The normalized spacial score (nSPS) is 40.9. The van der Waals surface area contributed by atoms with E-state index in [4.69, 9.17) is 18.9 Å². The second-order valence-corrected chi connectivity index (χ2v) is 7.74. The fourth-order valence-electron chi connectivity index (χ4n) is 3.70. The van der Waals surface area contributed by atoms with Crippen LogP contribution in [0, 0.1) is 0 Å². The lowest BCUT2D eigenvalue weighted by atomic mass is 9.92. The Kier molecular flexibility index (Phi) is 7.50. The quantitative estimate of drug-likeness (QED) is 0.276. The van der Waals surface area contributed by atoms with E-state index in [1.807, 2.05) is 0 Å². The van der Waals surface area contributed by atoms with E-state index in [1.165, 1.54) is 6.92 Å². The lowest BCUT2D eigenvalue weighted by Gasteiger charge is -2.50. The van der Waals surface area contributed by atoms with Crippen LogP contribution < -0.4 is 10.1 Å². The number of carbonyl (C=O) groups excluding carboxylic acids is 1. The van der Waals surface area contributed by atoms with Gasteiger partial charge in [0.05, 0.1) is 18.8 Å². The molecule has 0 saturated carbocycles. The fraction of sp³-hybridized carbons (Fsp3) is 0.650. The van der Waals surface area contributed by atoms with Gasteiger partial charge < -0.3 is 49.8 Å². The molecular weight excluding hydrogens is 414 g/mol. The molecule has 11 heteroatoms. The summed E-state index contributed by atoms with van der Waals surface area (Å²) in [7, 11) is 0. The third-order valence-corrected chi connectivity index (χ3v) is 5.30. The number of nitrogens with one attached hydrogen (secondary N) is 1. The highest BCUT2D eigenvalue weighted by molar-refractivity contribution is 5.73. The molecule has 9 atom stereocenters. The van der Waals surface area contributed by atoms with Crippen LogP contribution in [0.3, 0.4) is 0 Å². The molecule has 0 spiro atoms. The first-order valence-electron chi connectivity index (χ1n) is 10.00. The number of aliphatic hydroxyl groups excluding tert-OH is 4. The molecule has 2 heterocycles. The molecule has 11 nitrogen and oxygen atoms in total. The average molecular weight is 443 g/mol. The van der Waals surface area contributed by atoms with E-state index >= 15 is 0 Å². The van der Waals surface area contributed by atoms with E-state index in [9.17, 15) is 30.3 Å². The number of hydrogen-bond acceptors (Lipinski definition) is 10. The van der Waals surface area contributed by atoms with Crippen LogP contribution in [-0.2, 0) is 19.0 Å². The molecule has 1 aromatic carbocycles. The number of rotatable bonds is 6. The van der Waals surface area contributed by atoms with E-state index in [0.29, 0.717) is 5.75 Å². The van der Waals surface area contributed by atoms with Crippen LogP contribution in [0.25, 0.3) is 0 Å². The summed E-state index contributed by atoms with van der Waals surface area (Å²) in [6.45, 7) is 2.05. The highest BCUT2D eigenvalue weighted by Crippen LogP contribution is 2.34. The van der Waals surface area contributed by atoms with Gasteiger partial charge in [-0.25, -0.2) is 0 Å². The maximum atomic E-state index is 11.9. The van der Waals surface area contributed by atoms with Crippen molar-refractivity contribution in [1.29, 1.82) is 0 Å². The lowest BCUT2D eigenvalue weighted by molar-refractivity contribution is -0.365. The number of aliphatic hydroxyl groups is 5. The Balaban J connectivity index is 1.91. The minimum Gasteiger partial charge on any atom is -0.460 e. The first-order valence-corrected chi connectivity index (χ1v) is 10.00. The first kappa shape index (κ1) is 23.8. The summed E-state index contributed by atoms with van der Waals surface area (Å²) in [6.07, 6.45) is -10.3. The zero-order valence-corrected chi connectivity index (χ0v) is 17.2. The maximum Gasteiger partial charge on any atom is 0.251 e. The molecule has 3 rings (SSSR count). The molecule has 6 N–H and O–H groups in total. The van der Waals surface area contributed by atoms with Gasteiger partial charge in [-0.3, -0.25) is 4.79 Å². The van der Waals surface area contributed by atoms with E-state index < -0.39 is 67.4 Å². The van der Waals surface area contributed by atoms with Gasteiger partial charge in [-0.05, 0) is 19.1 Å². The van der Waals surface area contributed by atoms with E-state index in [2.05, 4.69) is 5.32 Å². The monoisotopic (exact) mass is 443 g/mol. The van der Waals surface area contributed by atoms with Crippen molar-refractivity contribution in [1.82, 2.24) is 5.32 Å². The fourth-order valence-corrected chi connectivity index (χ4v) is 3.70. The summed E-state index contributed by atoms with van der Waals surface area (Å²) in [5.41, 5.74) is -2.39. The van der Waals surface area contributed by atoms with Crippen LogP contribution in [-0.4, -0.2) is 93.0 Å². The molecule has 2 aliphatic rings. The van der Waals surface area contributed by atoms with Gasteiger partial charge in [0.15, 0.2) is 6.29 Å². The molecule has 0 bridgehead atoms. The zero-order valence-electron chi connectivity index (χ0n) is 17.2. The predicted octanol–water partition coefficient (Wildman–Crippen LogP) is -1.79. The number of hydrogen-bond donors (Lipinski definition) is 6. The van der Waals surface area contributed by atoms with Crippen LogP contribution in [0.15, 0.2) is 30.3 Å². The topological polar surface area (TPSA) is 167 Å². The number of amides is 1. The molecule has 2 fully saturated rings. The standard InChI is InChI=1S/C20H29NO10/c1-10-16(25)13(24)8-15(28-10)31-18-17(26)14(9-22)30-19(20(18,27)21-11(2)23)29-12-6-4-3-5-7-12/h3-7,10,13-19,22,24-27H,8-9H2,1-2H3,(H,21,23)/t10-,13-,14+,15-,16+,17+,18-,19+,20+/m0/s1. The summed E-state index contributed by atoms with van der Waals surface area (Å²) in [4.78, 5) is 11.9. The second-order valence-electron chi connectivity index (χ2n) is 7.74. The zero-order chi connectivity index (χ0) is 22.8. The molecule has 1 aromatic rings. The Morgan fingerprint density at radius 2 is 1.87 bits per heavy atom. The Bertz CT molecular complexity index is 724. The largest absolute Gasteiger partial charge is 0.460 e. The SMILES string of the molecule is CC(=O)N[C@]1(O)[C@H](Oc2ccccc2)O[C@H](CO)[C@@H](O)[C@@H]1O[C@H]1C[C@H](O)[C@H](O)[C@H](C)O1. The van der Waals surface area contributed by atoms with E-state index in [1.54, 1.807) is 30.3 Å². The number of ether oxygens (including phenoxy) is 4. The summed E-state index contributed by atoms with van der Waals surface area (Å²) >= 11 is 0. The van der Waals surface area contributed by atoms with Crippen molar-refractivity contribution in [3.05, 3.63) is 30.3 Å². The van der Waals surface area contributed by atoms with Crippen molar-refractivity contribution in [2.75, 3.05) is 6.61 Å². The third-order valence-electron chi connectivity index (χ3n) is 5.30. The summed E-state index contributed by atoms with van der Waals surface area (Å²) in [5.74, 6) is -0.367. The highest BCUT2D eigenvalue weighted by atomic mass is 16.7.